The van der Waals surface area contributed by atoms with Crippen molar-refractivity contribution in [3.05, 3.63) is 24.3 Å². The molecule has 0 radical (unpaired) electrons. The highest BCUT2D eigenvalue weighted by atomic mass is 32.2. The summed E-state index contributed by atoms with van der Waals surface area (Å²) in [6.45, 7) is 0. The summed E-state index contributed by atoms with van der Waals surface area (Å²) in [5.41, 5.74) is 6.75. The van der Waals surface area contributed by atoms with Crippen LogP contribution in [0.15, 0.2) is 29.2 Å². The second kappa shape index (κ2) is 3.40. The van der Waals surface area contributed by atoms with Crippen LogP contribution in [0.3, 0.4) is 0 Å². The molecule has 2 rings (SSSR count). The minimum atomic E-state index is 0.828. The number of thioether (sulfide) groups is 1. The molecule has 0 bridgehead atoms. The standard InChI is InChI=1S/C10H13NS/c11-9-6-1-2-7-10(9)12-8-4-3-5-8/h1-2,6-8H,3-5,11H2. The molecule has 0 aromatic heterocycles. The average molecular weight is 179 g/mol. The third-order valence-corrected chi connectivity index (χ3v) is 3.70. The number of hydrogen-bond donors (Lipinski definition) is 1. The SMILES string of the molecule is Nc1ccccc1SC1CCC1. The molecule has 1 aliphatic carbocycles. The lowest BCUT2D eigenvalue weighted by Gasteiger charge is -2.24. The predicted molar refractivity (Wildman–Crippen MR) is 54.4 cm³/mol. The number of benzene rings is 1. The molecule has 1 aromatic carbocycles. The molecule has 0 heterocycles. The summed E-state index contributed by atoms with van der Waals surface area (Å²) in [6.07, 6.45) is 4.11. The fourth-order valence-electron chi connectivity index (χ4n) is 1.26. The predicted octanol–water partition coefficient (Wildman–Crippen LogP) is 2.91. The first-order valence-electron chi connectivity index (χ1n) is 4.37. The highest BCUT2D eigenvalue weighted by Crippen LogP contribution is 2.38. The van der Waals surface area contributed by atoms with Crippen LogP contribution in [0, 0.1) is 0 Å². The van der Waals surface area contributed by atoms with Crippen LogP contribution in [-0.2, 0) is 0 Å². The molecule has 2 heteroatoms. The zero-order valence-corrected chi connectivity index (χ0v) is 7.81. The zero-order valence-electron chi connectivity index (χ0n) is 6.99. The molecule has 0 aliphatic heterocycles. The number of rotatable bonds is 2. The van der Waals surface area contributed by atoms with E-state index < -0.39 is 0 Å². The third-order valence-electron chi connectivity index (χ3n) is 2.26. The van der Waals surface area contributed by atoms with E-state index in [-0.39, 0.29) is 0 Å². The molecule has 64 valence electrons. The Hall–Kier alpha value is -0.630. The monoisotopic (exact) mass is 179 g/mol. The summed E-state index contributed by atoms with van der Waals surface area (Å²) in [5, 5.41) is 0.828. The Balaban J connectivity index is 2.06. The van der Waals surface area contributed by atoms with Gasteiger partial charge in [0.15, 0.2) is 0 Å². The summed E-state index contributed by atoms with van der Waals surface area (Å²) >= 11 is 1.93. The van der Waals surface area contributed by atoms with Crippen molar-refractivity contribution in [1.29, 1.82) is 0 Å². The Morgan fingerprint density at radius 3 is 2.58 bits per heavy atom. The molecule has 0 unspecified atom stereocenters. The molecule has 1 nitrogen and oxygen atoms in total. The smallest absolute Gasteiger partial charge is 0.0452 e. The molecular weight excluding hydrogens is 166 g/mol. The maximum Gasteiger partial charge on any atom is 0.0452 e. The fraction of sp³-hybridized carbons (Fsp3) is 0.400. The normalized spacial score (nSPS) is 17.3. The lowest BCUT2D eigenvalue weighted by molar-refractivity contribution is 0.522. The molecule has 12 heavy (non-hydrogen) atoms. The molecule has 0 saturated heterocycles. The number of para-hydroxylation sites is 1. The van der Waals surface area contributed by atoms with Crippen molar-refractivity contribution >= 4 is 17.4 Å². The first kappa shape index (κ1) is 7.99. The summed E-state index contributed by atoms with van der Waals surface area (Å²) in [5.74, 6) is 0. The van der Waals surface area contributed by atoms with Gasteiger partial charge in [0.05, 0.1) is 0 Å². The van der Waals surface area contributed by atoms with Gasteiger partial charge >= 0.3 is 0 Å². The first-order valence-corrected chi connectivity index (χ1v) is 5.25. The van der Waals surface area contributed by atoms with Crippen molar-refractivity contribution < 1.29 is 0 Å². The highest BCUT2D eigenvalue weighted by molar-refractivity contribution is 8.00. The van der Waals surface area contributed by atoms with Gasteiger partial charge in [0.2, 0.25) is 0 Å². The summed E-state index contributed by atoms with van der Waals surface area (Å²) in [4.78, 5) is 1.25. The second-order valence-corrected chi connectivity index (χ2v) is 4.55. The van der Waals surface area contributed by atoms with Gasteiger partial charge in [0.1, 0.15) is 0 Å². The maximum atomic E-state index is 5.83. The topological polar surface area (TPSA) is 26.0 Å². The molecule has 1 aromatic rings. The van der Waals surface area contributed by atoms with Gasteiger partial charge in [0.25, 0.3) is 0 Å². The Bertz CT molecular complexity index is 268. The van der Waals surface area contributed by atoms with Crippen molar-refractivity contribution in [1.82, 2.24) is 0 Å². The Morgan fingerprint density at radius 2 is 2.00 bits per heavy atom. The first-order chi connectivity index (χ1) is 5.86. The lowest BCUT2D eigenvalue weighted by atomic mass is 10.0. The van der Waals surface area contributed by atoms with Gasteiger partial charge in [-0.05, 0) is 25.0 Å². The Morgan fingerprint density at radius 1 is 1.25 bits per heavy atom. The molecule has 0 spiro atoms. The third kappa shape index (κ3) is 1.58. The number of anilines is 1. The van der Waals surface area contributed by atoms with Crippen LogP contribution in [-0.4, -0.2) is 5.25 Å². The summed E-state index contributed by atoms with van der Waals surface area (Å²) < 4.78 is 0. The van der Waals surface area contributed by atoms with Crippen LogP contribution in [0.25, 0.3) is 0 Å². The molecular formula is C10H13NS. The van der Waals surface area contributed by atoms with E-state index in [2.05, 4.69) is 12.1 Å². The van der Waals surface area contributed by atoms with Crippen LogP contribution < -0.4 is 5.73 Å². The number of nitrogens with two attached hydrogens (primary N) is 1. The van der Waals surface area contributed by atoms with Crippen LogP contribution in [0.5, 0.6) is 0 Å². The van der Waals surface area contributed by atoms with E-state index in [0.29, 0.717) is 0 Å². The van der Waals surface area contributed by atoms with Gasteiger partial charge in [0, 0.05) is 15.8 Å². The van der Waals surface area contributed by atoms with E-state index in [1.807, 2.05) is 23.9 Å². The van der Waals surface area contributed by atoms with E-state index in [1.165, 1.54) is 24.2 Å². The van der Waals surface area contributed by atoms with E-state index in [9.17, 15) is 0 Å². The molecule has 1 fully saturated rings. The summed E-state index contributed by atoms with van der Waals surface area (Å²) in [6, 6.07) is 8.12. The molecule has 2 N–H and O–H groups in total. The summed E-state index contributed by atoms with van der Waals surface area (Å²) in [7, 11) is 0. The fourth-order valence-corrected chi connectivity index (χ4v) is 2.55. The Labute approximate surface area is 77.3 Å². The van der Waals surface area contributed by atoms with Gasteiger partial charge in [-0.2, -0.15) is 0 Å². The Kier molecular flexibility index (Phi) is 2.26. The van der Waals surface area contributed by atoms with Crippen LogP contribution >= 0.6 is 11.8 Å². The van der Waals surface area contributed by atoms with Crippen LogP contribution in [0.1, 0.15) is 19.3 Å². The van der Waals surface area contributed by atoms with Crippen LogP contribution in [0.2, 0.25) is 0 Å². The van der Waals surface area contributed by atoms with E-state index in [4.69, 9.17) is 5.73 Å². The van der Waals surface area contributed by atoms with Gasteiger partial charge in [-0.15, -0.1) is 11.8 Å². The largest absolute Gasteiger partial charge is 0.398 e. The number of nitrogen functional groups attached to an aromatic ring is 1. The molecule has 1 aliphatic rings. The minimum Gasteiger partial charge on any atom is -0.398 e. The quantitative estimate of drug-likeness (QED) is 0.706. The maximum absolute atomic E-state index is 5.83. The van der Waals surface area contributed by atoms with E-state index in [0.717, 1.165) is 10.9 Å². The van der Waals surface area contributed by atoms with Crippen molar-refractivity contribution in [3.63, 3.8) is 0 Å². The van der Waals surface area contributed by atoms with Gasteiger partial charge in [-0.3, -0.25) is 0 Å². The van der Waals surface area contributed by atoms with Crippen molar-refractivity contribution in [3.8, 4) is 0 Å². The molecule has 1 saturated carbocycles. The number of hydrogen-bond acceptors (Lipinski definition) is 2. The minimum absolute atomic E-state index is 0.828. The lowest BCUT2D eigenvalue weighted by Crippen LogP contribution is -2.12. The molecule has 0 atom stereocenters. The highest BCUT2D eigenvalue weighted by Gasteiger charge is 2.18. The van der Waals surface area contributed by atoms with Gasteiger partial charge in [-0.25, -0.2) is 0 Å². The van der Waals surface area contributed by atoms with E-state index in [1.54, 1.807) is 0 Å². The zero-order chi connectivity index (χ0) is 8.39. The van der Waals surface area contributed by atoms with Gasteiger partial charge < -0.3 is 5.73 Å². The second-order valence-electron chi connectivity index (χ2n) is 3.21. The van der Waals surface area contributed by atoms with Crippen molar-refractivity contribution in [2.24, 2.45) is 0 Å². The average Bonchev–Trinajstić information content (AvgIpc) is 2.00. The van der Waals surface area contributed by atoms with Crippen LogP contribution in [0.4, 0.5) is 5.69 Å². The molecule has 0 amide bonds. The van der Waals surface area contributed by atoms with Crippen molar-refractivity contribution in [2.75, 3.05) is 5.73 Å². The van der Waals surface area contributed by atoms with E-state index >= 15 is 0 Å². The van der Waals surface area contributed by atoms with Crippen molar-refractivity contribution in [2.45, 2.75) is 29.4 Å². The van der Waals surface area contributed by atoms with Gasteiger partial charge in [-0.1, -0.05) is 18.6 Å².